The van der Waals surface area contributed by atoms with E-state index in [-0.39, 0.29) is 0 Å². The highest BCUT2D eigenvalue weighted by molar-refractivity contribution is 5.80. The molecule has 0 aliphatic rings. The molecular formula is C13H17NO3. The van der Waals surface area contributed by atoms with E-state index in [1.807, 2.05) is 30.3 Å². The van der Waals surface area contributed by atoms with Crippen LogP contribution in [0.3, 0.4) is 0 Å². The van der Waals surface area contributed by atoms with Crippen LogP contribution in [-0.4, -0.2) is 17.8 Å². The normalized spacial score (nSPS) is 11.7. The zero-order valence-corrected chi connectivity index (χ0v) is 10.3. The predicted octanol–water partition coefficient (Wildman–Crippen LogP) is 2.53. The lowest BCUT2D eigenvalue weighted by Crippen LogP contribution is -2.21. The molecule has 0 aliphatic carbocycles. The van der Waals surface area contributed by atoms with Gasteiger partial charge in [0, 0.05) is 0 Å². The molecule has 17 heavy (non-hydrogen) atoms. The van der Waals surface area contributed by atoms with Gasteiger partial charge in [-0.3, -0.25) is 0 Å². The molecule has 4 heteroatoms. The third-order valence-electron chi connectivity index (χ3n) is 1.99. The summed E-state index contributed by atoms with van der Waals surface area (Å²) in [6.45, 7) is 5.53. The number of oxime groups is 1. The Hall–Kier alpha value is -1.68. The topological polar surface area (TPSA) is 47.9 Å². The van der Waals surface area contributed by atoms with E-state index in [2.05, 4.69) is 9.99 Å². The van der Waals surface area contributed by atoms with E-state index >= 15 is 0 Å². The number of carbonyl (C=O) groups is 1. The van der Waals surface area contributed by atoms with Crippen LogP contribution in [0.1, 0.15) is 26.3 Å². The first-order valence-electron chi connectivity index (χ1n) is 5.47. The molecule has 0 saturated carbocycles. The Labute approximate surface area is 101 Å². The highest BCUT2D eigenvalue weighted by Gasteiger charge is 2.15. The van der Waals surface area contributed by atoms with E-state index in [4.69, 9.17) is 4.74 Å². The van der Waals surface area contributed by atoms with Crippen LogP contribution < -0.4 is 0 Å². The molecule has 0 amide bonds. The number of benzene rings is 1. The minimum Gasteiger partial charge on any atom is -0.362 e. The van der Waals surface area contributed by atoms with Crippen LogP contribution >= 0.6 is 0 Å². The van der Waals surface area contributed by atoms with Crippen molar-refractivity contribution >= 4 is 11.7 Å². The summed E-state index contributed by atoms with van der Waals surface area (Å²) in [4.78, 5) is 16.1. The molecule has 1 aromatic carbocycles. The molecule has 92 valence electrons. The van der Waals surface area contributed by atoms with Gasteiger partial charge in [-0.25, -0.2) is 4.79 Å². The van der Waals surface area contributed by atoms with Gasteiger partial charge in [-0.2, -0.15) is 0 Å². The molecule has 0 N–H and O–H groups in total. The molecule has 1 aromatic rings. The minimum atomic E-state index is -0.627. The Morgan fingerprint density at radius 2 is 1.94 bits per heavy atom. The van der Waals surface area contributed by atoms with Crippen molar-refractivity contribution < 1.29 is 14.4 Å². The second-order valence-corrected chi connectivity index (χ2v) is 3.89. The molecule has 1 atom stereocenters. The number of hydrogen-bond donors (Lipinski definition) is 0. The van der Waals surface area contributed by atoms with E-state index in [0.717, 1.165) is 5.56 Å². The largest absolute Gasteiger partial charge is 0.363 e. The van der Waals surface area contributed by atoms with Crippen LogP contribution in [0.25, 0.3) is 0 Å². The van der Waals surface area contributed by atoms with Crippen LogP contribution in [0.5, 0.6) is 0 Å². The van der Waals surface area contributed by atoms with Crippen LogP contribution in [0.15, 0.2) is 35.5 Å². The first kappa shape index (κ1) is 13.4. The smallest absolute Gasteiger partial charge is 0.362 e. The molecule has 1 rings (SSSR count). The Morgan fingerprint density at radius 1 is 1.29 bits per heavy atom. The van der Waals surface area contributed by atoms with Crippen molar-refractivity contribution in [2.24, 2.45) is 5.16 Å². The van der Waals surface area contributed by atoms with E-state index in [1.54, 1.807) is 20.8 Å². The third-order valence-corrected chi connectivity index (χ3v) is 1.99. The van der Waals surface area contributed by atoms with Gasteiger partial charge < -0.3 is 9.57 Å². The van der Waals surface area contributed by atoms with E-state index in [0.29, 0.717) is 12.3 Å². The summed E-state index contributed by atoms with van der Waals surface area (Å²) in [5.41, 5.74) is 1.70. The van der Waals surface area contributed by atoms with E-state index in [9.17, 15) is 4.79 Å². The van der Waals surface area contributed by atoms with Gasteiger partial charge in [0.2, 0.25) is 0 Å². The highest BCUT2D eigenvalue weighted by atomic mass is 16.7. The zero-order valence-electron chi connectivity index (χ0n) is 10.3. The van der Waals surface area contributed by atoms with Gasteiger partial charge in [-0.05, 0) is 26.3 Å². The summed E-state index contributed by atoms with van der Waals surface area (Å²) in [6, 6.07) is 9.65. The lowest BCUT2D eigenvalue weighted by atomic mass is 10.2. The Morgan fingerprint density at radius 3 is 2.53 bits per heavy atom. The minimum absolute atomic E-state index is 0.381. The fraction of sp³-hybridized carbons (Fsp3) is 0.385. The van der Waals surface area contributed by atoms with E-state index < -0.39 is 12.1 Å². The van der Waals surface area contributed by atoms with Crippen molar-refractivity contribution in [3.63, 3.8) is 0 Å². The number of carbonyl (C=O) groups excluding carboxylic acids is 1. The Balaban J connectivity index is 2.37. The van der Waals surface area contributed by atoms with Crippen LogP contribution in [0.4, 0.5) is 0 Å². The Kier molecular flexibility index (Phi) is 5.36. The number of rotatable bonds is 5. The van der Waals surface area contributed by atoms with Crippen molar-refractivity contribution in [3.8, 4) is 0 Å². The highest BCUT2D eigenvalue weighted by Crippen LogP contribution is 2.04. The maximum Gasteiger partial charge on any atom is 0.363 e. The molecule has 0 bridgehead atoms. The Bertz CT molecular complexity index is 383. The SMILES string of the molecule is CC(C)=NOC(=O)C(C)OCc1ccccc1. The molecule has 0 heterocycles. The average molecular weight is 235 g/mol. The van der Waals surface area contributed by atoms with Gasteiger partial charge in [0.1, 0.15) is 0 Å². The molecule has 0 radical (unpaired) electrons. The van der Waals surface area contributed by atoms with Crippen molar-refractivity contribution in [2.75, 3.05) is 0 Å². The molecule has 0 spiro atoms. The van der Waals surface area contributed by atoms with Gasteiger partial charge in [0.15, 0.2) is 6.10 Å². The summed E-state index contributed by atoms with van der Waals surface area (Å²) >= 11 is 0. The number of hydrogen-bond acceptors (Lipinski definition) is 4. The third kappa shape index (κ3) is 5.26. The van der Waals surface area contributed by atoms with Crippen LogP contribution in [0, 0.1) is 0 Å². The second kappa shape index (κ2) is 6.81. The molecule has 0 aromatic heterocycles. The molecule has 4 nitrogen and oxygen atoms in total. The fourth-order valence-electron chi connectivity index (χ4n) is 1.07. The molecule has 1 unspecified atom stereocenters. The molecule has 0 saturated heterocycles. The first-order chi connectivity index (χ1) is 8.09. The molecular weight excluding hydrogens is 218 g/mol. The van der Waals surface area contributed by atoms with Crippen molar-refractivity contribution in [3.05, 3.63) is 35.9 Å². The standard InChI is InChI=1S/C13H17NO3/c1-10(2)14-17-13(15)11(3)16-9-12-7-5-4-6-8-12/h4-8,11H,9H2,1-3H3. The van der Waals surface area contributed by atoms with Crippen molar-refractivity contribution in [2.45, 2.75) is 33.5 Å². The van der Waals surface area contributed by atoms with Crippen molar-refractivity contribution in [1.29, 1.82) is 0 Å². The van der Waals surface area contributed by atoms with Gasteiger partial charge >= 0.3 is 5.97 Å². The average Bonchev–Trinajstić information content (AvgIpc) is 2.34. The van der Waals surface area contributed by atoms with Gasteiger partial charge in [0.05, 0.1) is 12.3 Å². The molecule has 0 aliphatic heterocycles. The summed E-state index contributed by atoms with van der Waals surface area (Å²) in [6.07, 6.45) is -0.627. The monoisotopic (exact) mass is 235 g/mol. The van der Waals surface area contributed by atoms with Gasteiger partial charge in [-0.1, -0.05) is 35.5 Å². The lowest BCUT2D eigenvalue weighted by molar-refractivity contribution is -0.156. The molecule has 0 fully saturated rings. The second-order valence-electron chi connectivity index (χ2n) is 3.89. The van der Waals surface area contributed by atoms with Crippen molar-refractivity contribution in [1.82, 2.24) is 0 Å². The quantitative estimate of drug-likeness (QED) is 0.447. The van der Waals surface area contributed by atoms with Gasteiger partial charge in [0.25, 0.3) is 0 Å². The van der Waals surface area contributed by atoms with Crippen LogP contribution in [0.2, 0.25) is 0 Å². The lowest BCUT2D eigenvalue weighted by Gasteiger charge is -2.09. The maximum atomic E-state index is 11.4. The predicted molar refractivity (Wildman–Crippen MR) is 65.6 cm³/mol. The summed E-state index contributed by atoms with van der Waals surface area (Å²) in [5, 5.41) is 3.59. The summed E-state index contributed by atoms with van der Waals surface area (Å²) in [5.74, 6) is -0.484. The number of ether oxygens (including phenoxy) is 1. The number of nitrogens with zero attached hydrogens (tertiary/aromatic N) is 1. The van der Waals surface area contributed by atoms with E-state index in [1.165, 1.54) is 0 Å². The van der Waals surface area contributed by atoms with Gasteiger partial charge in [-0.15, -0.1) is 0 Å². The fourth-order valence-corrected chi connectivity index (χ4v) is 1.07. The van der Waals surface area contributed by atoms with Crippen LogP contribution in [-0.2, 0) is 21.0 Å². The first-order valence-corrected chi connectivity index (χ1v) is 5.47. The summed E-state index contributed by atoms with van der Waals surface area (Å²) < 4.78 is 5.38. The maximum absolute atomic E-state index is 11.4. The summed E-state index contributed by atoms with van der Waals surface area (Å²) in [7, 11) is 0. The zero-order chi connectivity index (χ0) is 12.7.